The lowest BCUT2D eigenvalue weighted by molar-refractivity contribution is -0.138. The van der Waals surface area contributed by atoms with Crippen LogP contribution >= 0.6 is 0 Å². The number of rotatable bonds is 9. The Labute approximate surface area is 143 Å². The molecule has 2 aromatic carbocycles. The highest BCUT2D eigenvalue weighted by atomic mass is 16.5. The van der Waals surface area contributed by atoms with E-state index in [1.165, 1.54) is 0 Å². The van der Waals surface area contributed by atoms with E-state index in [2.05, 4.69) is 4.90 Å². The summed E-state index contributed by atoms with van der Waals surface area (Å²) in [5.74, 6) is -0.507. The summed E-state index contributed by atoms with van der Waals surface area (Å²) in [6.45, 7) is 1.68. The molecule has 0 aliphatic heterocycles. The predicted molar refractivity (Wildman–Crippen MR) is 95.6 cm³/mol. The summed E-state index contributed by atoms with van der Waals surface area (Å²) in [5.41, 5.74) is 1.82. The van der Waals surface area contributed by atoms with Crippen LogP contribution in [-0.2, 0) is 11.2 Å². The summed E-state index contributed by atoms with van der Waals surface area (Å²) in [6.07, 6.45) is 1.45. The molecule has 0 fully saturated rings. The Morgan fingerprint density at radius 3 is 2.33 bits per heavy atom. The summed E-state index contributed by atoms with van der Waals surface area (Å²) in [7, 11) is 4.08. The van der Waals surface area contributed by atoms with Crippen molar-refractivity contribution in [3.63, 3.8) is 0 Å². The Hall–Kier alpha value is -2.33. The van der Waals surface area contributed by atoms with Crippen molar-refractivity contribution in [1.29, 1.82) is 0 Å². The van der Waals surface area contributed by atoms with Crippen LogP contribution in [0.4, 0.5) is 0 Å². The molecule has 2 aromatic rings. The third-order valence-electron chi connectivity index (χ3n) is 3.88. The van der Waals surface area contributed by atoms with Gasteiger partial charge in [0.05, 0.1) is 12.5 Å². The lowest BCUT2D eigenvalue weighted by Gasteiger charge is -2.14. The molecule has 0 heterocycles. The number of ether oxygens (including phenoxy) is 1. The first-order valence-corrected chi connectivity index (χ1v) is 8.20. The minimum Gasteiger partial charge on any atom is -0.494 e. The largest absolute Gasteiger partial charge is 0.494 e. The normalized spacial score (nSPS) is 12.1. The molecular formula is C20H25NO3. The van der Waals surface area contributed by atoms with E-state index in [4.69, 9.17) is 4.74 Å². The van der Waals surface area contributed by atoms with Crippen LogP contribution in [0.5, 0.6) is 5.75 Å². The molecule has 0 aliphatic carbocycles. The maximum atomic E-state index is 11.6. The Kier molecular flexibility index (Phi) is 6.82. The molecule has 1 atom stereocenters. The summed E-state index contributed by atoms with van der Waals surface area (Å²) in [6, 6.07) is 17.1. The van der Waals surface area contributed by atoms with Crippen LogP contribution in [0.2, 0.25) is 0 Å². The van der Waals surface area contributed by atoms with Gasteiger partial charge in [0.1, 0.15) is 5.75 Å². The first-order valence-electron chi connectivity index (χ1n) is 8.20. The van der Waals surface area contributed by atoms with Gasteiger partial charge in [-0.1, -0.05) is 42.5 Å². The fraction of sp³-hybridized carbons (Fsp3) is 0.350. The Morgan fingerprint density at radius 1 is 1.08 bits per heavy atom. The van der Waals surface area contributed by atoms with E-state index < -0.39 is 11.9 Å². The second-order valence-electron chi connectivity index (χ2n) is 6.15. The van der Waals surface area contributed by atoms with Crippen LogP contribution in [0.1, 0.15) is 23.5 Å². The number of carboxylic acid groups (broad SMARTS) is 1. The fourth-order valence-corrected chi connectivity index (χ4v) is 2.56. The van der Waals surface area contributed by atoms with Gasteiger partial charge in [-0.25, -0.2) is 0 Å². The molecule has 0 spiro atoms. The van der Waals surface area contributed by atoms with Crippen LogP contribution in [0.3, 0.4) is 0 Å². The summed E-state index contributed by atoms with van der Waals surface area (Å²) < 4.78 is 5.71. The van der Waals surface area contributed by atoms with Gasteiger partial charge in [-0.15, -0.1) is 0 Å². The van der Waals surface area contributed by atoms with Gasteiger partial charge in [-0.2, -0.15) is 0 Å². The van der Waals surface area contributed by atoms with Crippen molar-refractivity contribution in [2.45, 2.75) is 18.8 Å². The Bertz CT molecular complexity index is 623. The van der Waals surface area contributed by atoms with Gasteiger partial charge in [0.2, 0.25) is 0 Å². The lowest BCUT2D eigenvalue weighted by atomic mass is 9.92. The number of carboxylic acids is 1. The predicted octanol–water partition coefficient (Wildman–Crippen LogP) is 3.43. The van der Waals surface area contributed by atoms with Crippen LogP contribution in [0.15, 0.2) is 54.6 Å². The van der Waals surface area contributed by atoms with Crippen LogP contribution < -0.4 is 4.74 Å². The average Bonchev–Trinajstić information content (AvgIpc) is 2.58. The van der Waals surface area contributed by atoms with E-state index in [1.54, 1.807) is 0 Å². The molecule has 0 saturated carbocycles. The van der Waals surface area contributed by atoms with Gasteiger partial charge in [-0.3, -0.25) is 4.79 Å². The molecule has 0 radical (unpaired) electrons. The van der Waals surface area contributed by atoms with Crippen LogP contribution in [0, 0.1) is 0 Å². The molecule has 128 valence electrons. The molecule has 4 nitrogen and oxygen atoms in total. The van der Waals surface area contributed by atoms with Gasteiger partial charge >= 0.3 is 5.97 Å². The SMILES string of the molecule is CN(C)CCCOc1ccc(CC(C(=O)O)c2ccccc2)cc1. The topological polar surface area (TPSA) is 49.8 Å². The van der Waals surface area contributed by atoms with Crippen molar-refractivity contribution < 1.29 is 14.6 Å². The van der Waals surface area contributed by atoms with Crippen LogP contribution in [0.25, 0.3) is 0 Å². The summed E-state index contributed by atoms with van der Waals surface area (Å²) >= 11 is 0. The van der Waals surface area contributed by atoms with Gasteiger partial charge in [0.25, 0.3) is 0 Å². The maximum absolute atomic E-state index is 11.6. The average molecular weight is 327 g/mol. The molecule has 4 heteroatoms. The van der Waals surface area contributed by atoms with Gasteiger partial charge in [0, 0.05) is 6.54 Å². The maximum Gasteiger partial charge on any atom is 0.311 e. The fourth-order valence-electron chi connectivity index (χ4n) is 2.56. The molecule has 0 saturated heterocycles. The Balaban J connectivity index is 1.93. The van der Waals surface area contributed by atoms with E-state index in [1.807, 2.05) is 68.7 Å². The van der Waals surface area contributed by atoms with Crippen molar-refractivity contribution in [1.82, 2.24) is 4.90 Å². The lowest BCUT2D eigenvalue weighted by Crippen LogP contribution is -2.15. The zero-order valence-electron chi connectivity index (χ0n) is 14.3. The van der Waals surface area contributed by atoms with E-state index in [0.29, 0.717) is 13.0 Å². The Morgan fingerprint density at radius 2 is 1.75 bits per heavy atom. The zero-order valence-corrected chi connectivity index (χ0v) is 14.3. The highest BCUT2D eigenvalue weighted by Crippen LogP contribution is 2.22. The second kappa shape index (κ2) is 9.08. The minimum atomic E-state index is -0.801. The molecule has 0 bridgehead atoms. The smallest absolute Gasteiger partial charge is 0.311 e. The van der Waals surface area contributed by atoms with Crippen molar-refractivity contribution >= 4 is 5.97 Å². The number of carbonyl (C=O) groups is 1. The van der Waals surface area contributed by atoms with Crippen LogP contribution in [-0.4, -0.2) is 43.2 Å². The number of hydrogen-bond acceptors (Lipinski definition) is 3. The first-order chi connectivity index (χ1) is 11.6. The van der Waals surface area contributed by atoms with E-state index >= 15 is 0 Å². The van der Waals surface area contributed by atoms with Gasteiger partial charge < -0.3 is 14.7 Å². The molecule has 0 aromatic heterocycles. The molecule has 0 aliphatic rings. The van der Waals surface area contributed by atoms with E-state index in [9.17, 15) is 9.90 Å². The minimum absolute atomic E-state index is 0.472. The highest BCUT2D eigenvalue weighted by molar-refractivity contribution is 5.76. The quantitative estimate of drug-likeness (QED) is 0.717. The molecular weight excluding hydrogens is 302 g/mol. The van der Waals surface area contributed by atoms with Crippen molar-refractivity contribution in [2.75, 3.05) is 27.2 Å². The molecule has 1 N–H and O–H groups in total. The zero-order chi connectivity index (χ0) is 17.4. The van der Waals surface area contributed by atoms with Crippen molar-refractivity contribution in [3.8, 4) is 5.75 Å². The molecule has 0 amide bonds. The van der Waals surface area contributed by atoms with E-state index in [-0.39, 0.29) is 0 Å². The highest BCUT2D eigenvalue weighted by Gasteiger charge is 2.19. The number of benzene rings is 2. The third kappa shape index (κ3) is 5.70. The number of hydrogen-bond donors (Lipinski definition) is 1. The van der Waals surface area contributed by atoms with Gasteiger partial charge in [0.15, 0.2) is 0 Å². The second-order valence-corrected chi connectivity index (χ2v) is 6.15. The van der Waals surface area contributed by atoms with E-state index in [0.717, 1.165) is 29.8 Å². The summed E-state index contributed by atoms with van der Waals surface area (Å²) in [5, 5.41) is 9.50. The first kappa shape index (κ1) is 18.0. The standard InChI is InChI=1S/C20H25NO3/c1-21(2)13-6-14-24-18-11-9-16(10-12-18)15-19(20(22)23)17-7-4-3-5-8-17/h3-5,7-12,19H,6,13-15H2,1-2H3,(H,22,23). The van der Waals surface area contributed by atoms with Crippen molar-refractivity contribution in [3.05, 3.63) is 65.7 Å². The van der Waals surface area contributed by atoms with Crippen molar-refractivity contribution in [2.24, 2.45) is 0 Å². The monoisotopic (exact) mass is 327 g/mol. The summed E-state index contributed by atoms with van der Waals surface area (Å²) in [4.78, 5) is 13.7. The number of aliphatic carboxylic acids is 1. The molecule has 2 rings (SSSR count). The molecule has 24 heavy (non-hydrogen) atoms. The molecule has 1 unspecified atom stereocenters. The third-order valence-corrected chi connectivity index (χ3v) is 3.88. The number of nitrogens with zero attached hydrogens (tertiary/aromatic N) is 1. The van der Waals surface area contributed by atoms with Gasteiger partial charge in [-0.05, 0) is 50.2 Å².